The third-order valence-electron chi connectivity index (χ3n) is 1.97. The van der Waals surface area contributed by atoms with E-state index in [9.17, 15) is 0 Å². The van der Waals surface area contributed by atoms with Gasteiger partial charge in [-0.25, -0.2) is 4.98 Å². The van der Waals surface area contributed by atoms with Crippen LogP contribution in [0.4, 0.5) is 5.82 Å². The van der Waals surface area contributed by atoms with Gasteiger partial charge in [-0.15, -0.1) is 0 Å². The minimum Gasteiger partial charge on any atom is -0.370 e. The molecule has 72 valence electrons. The fourth-order valence-electron chi connectivity index (χ4n) is 1.16. The van der Waals surface area contributed by atoms with Crippen molar-refractivity contribution < 1.29 is 0 Å². The van der Waals surface area contributed by atoms with E-state index in [4.69, 9.17) is 5.73 Å². The molecule has 0 amide bonds. The van der Waals surface area contributed by atoms with Crippen LogP contribution in [0.15, 0.2) is 12.1 Å². The summed E-state index contributed by atoms with van der Waals surface area (Å²) in [5.74, 6) is 0.941. The van der Waals surface area contributed by atoms with Crippen LogP contribution in [0.5, 0.6) is 0 Å². The number of anilines is 1. The van der Waals surface area contributed by atoms with E-state index in [1.807, 2.05) is 19.1 Å². The van der Waals surface area contributed by atoms with Crippen molar-refractivity contribution in [3.05, 3.63) is 23.4 Å². The first kappa shape index (κ1) is 9.99. The van der Waals surface area contributed by atoms with E-state index >= 15 is 0 Å². The Hall–Kier alpha value is -1.09. The Balaban J connectivity index is 2.71. The number of nitrogens with two attached hydrogens (primary N) is 1. The SMILES string of the molecule is CCCNc1ccc(CN)c(C)n1. The smallest absolute Gasteiger partial charge is 0.126 e. The summed E-state index contributed by atoms with van der Waals surface area (Å²) in [5, 5.41) is 3.23. The maximum absolute atomic E-state index is 5.54. The molecule has 0 saturated carbocycles. The van der Waals surface area contributed by atoms with Crippen LogP contribution in [-0.2, 0) is 6.54 Å². The van der Waals surface area contributed by atoms with Crippen LogP contribution < -0.4 is 11.1 Å². The van der Waals surface area contributed by atoms with Gasteiger partial charge in [0, 0.05) is 18.8 Å². The van der Waals surface area contributed by atoms with Gasteiger partial charge in [0.25, 0.3) is 0 Å². The highest BCUT2D eigenvalue weighted by Gasteiger charge is 1.98. The standard InChI is InChI=1S/C10H17N3/c1-3-6-12-10-5-4-9(7-11)8(2)13-10/h4-5H,3,6-7,11H2,1-2H3,(H,12,13). The highest BCUT2D eigenvalue weighted by molar-refractivity contribution is 5.38. The Morgan fingerprint density at radius 3 is 2.77 bits per heavy atom. The molecule has 0 aliphatic carbocycles. The fraction of sp³-hybridized carbons (Fsp3) is 0.500. The largest absolute Gasteiger partial charge is 0.370 e. The van der Waals surface area contributed by atoms with Crippen LogP contribution in [0.1, 0.15) is 24.6 Å². The molecule has 0 bridgehead atoms. The molecule has 3 heteroatoms. The number of nitrogens with one attached hydrogen (secondary N) is 1. The summed E-state index contributed by atoms with van der Waals surface area (Å²) in [7, 11) is 0. The van der Waals surface area contributed by atoms with Gasteiger partial charge in [-0.3, -0.25) is 0 Å². The summed E-state index contributed by atoms with van der Waals surface area (Å²) < 4.78 is 0. The first-order valence-corrected chi connectivity index (χ1v) is 4.68. The predicted octanol–water partition coefficient (Wildman–Crippen LogP) is 1.67. The molecule has 1 aromatic heterocycles. The van der Waals surface area contributed by atoms with E-state index in [1.165, 1.54) is 0 Å². The van der Waals surface area contributed by atoms with Crippen LogP contribution in [0.3, 0.4) is 0 Å². The molecule has 1 rings (SSSR count). The molecule has 0 radical (unpaired) electrons. The second-order valence-electron chi connectivity index (χ2n) is 3.07. The molecule has 0 unspecified atom stereocenters. The van der Waals surface area contributed by atoms with Crippen molar-refractivity contribution in [3.8, 4) is 0 Å². The third-order valence-corrected chi connectivity index (χ3v) is 1.97. The van der Waals surface area contributed by atoms with Crippen molar-refractivity contribution in [1.82, 2.24) is 4.98 Å². The zero-order valence-electron chi connectivity index (χ0n) is 8.30. The summed E-state index contributed by atoms with van der Waals surface area (Å²) >= 11 is 0. The minimum atomic E-state index is 0.562. The van der Waals surface area contributed by atoms with E-state index in [1.54, 1.807) is 0 Å². The average Bonchev–Trinajstić information content (AvgIpc) is 2.15. The number of aryl methyl sites for hydroxylation is 1. The zero-order chi connectivity index (χ0) is 9.68. The van der Waals surface area contributed by atoms with Crippen LogP contribution >= 0.6 is 0 Å². The van der Waals surface area contributed by atoms with Crippen LogP contribution in [0.2, 0.25) is 0 Å². The van der Waals surface area contributed by atoms with Gasteiger partial charge >= 0.3 is 0 Å². The molecule has 0 atom stereocenters. The lowest BCUT2D eigenvalue weighted by Crippen LogP contribution is -2.05. The number of pyridine rings is 1. The molecule has 0 aliphatic rings. The molecule has 0 aliphatic heterocycles. The molecular weight excluding hydrogens is 162 g/mol. The maximum atomic E-state index is 5.54. The summed E-state index contributed by atoms with van der Waals surface area (Å²) in [4.78, 5) is 4.39. The van der Waals surface area contributed by atoms with Crippen molar-refractivity contribution >= 4 is 5.82 Å². The van der Waals surface area contributed by atoms with E-state index < -0.39 is 0 Å². The van der Waals surface area contributed by atoms with E-state index in [0.717, 1.165) is 30.0 Å². The van der Waals surface area contributed by atoms with E-state index in [0.29, 0.717) is 6.54 Å². The fourth-order valence-corrected chi connectivity index (χ4v) is 1.16. The molecule has 3 N–H and O–H groups in total. The lowest BCUT2D eigenvalue weighted by Gasteiger charge is -2.07. The van der Waals surface area contributed by atoms with Crippen molar-refractivity contribution in [2.75, 3.05) is 11.9 Å². The number of hydrogen-bond acceptors (Lipinski definition) is 3. The Morgan fingerprint density at radius 1 is 1.46 bits per heavy atom. The summed E-state index contributed by atoms with van der Waals surface area (Å²) in [5.41, 5.74) is 7.67. The second-order valence-corrected chi connectivity index (χ2v) is 3.07. The van der Waals surface area contributed by atoms with Crippen LogP contribution in [0.25, 0.3) is 0 Å². The Bertz CT molecular complexity index is 271. The predicted molar refractivity (Wildman–Crippen MR) is 55.6 cm³/mol. The maximum Gasteiger partial charge on any atom is 0.126 e. The van der Waals surface area contributed by atoms with Gasteiger partial charge in [0.2, 0.25) is 0 Å². The number of nitrogens with zero attached hydrogens (tertiary/aromatic N) is 1. The molecule has 0 saturated heterocycles. The van der Waals surface area contributed by atoms with Gasteiger partial charge < -0.3 is 11.1 Å². The van der Waals surface area contributed by atoms with Crippen molar-refractivity contribution in [2.24, 2.45) is 5.73 Å². The molecule has 0 fully saturated rings. The van der Waals surface area contributed by atoms with Gasteiger partial charge in [0.1, 0.15) is 5.82 Å². The minimum absolute atomic E-state index is 0.562. The van der Waals surface area contributed by atoms with E-state index in [2.05, 4.69) is 17.2 Å². The first-order valence-electron chi connectivity index (χ1n) is 4.68. The van der Waals surface area contributed by atoms with E-state index in [-0.39, 0.29) is 0 Å². The quantitative estimate of drug-likeness (QED) is 0.739. The molecule has 3 nitrogen and oxygen atoms in total. The zero-order valence-corrected chi connectivity index (χ0v) is 8.30. The Labute approximate surface area is 79.4 Å². The first-order chi connectivity index (χ1) is 6.27. The number of hydrogen-bond donors (Lipinski definition) is 2. The average molecular weight is 179 g/mol. The van der Waals surface area contributed by atoms with Crippen LogP contribution in [0, 0.1) is 6.92 Å². The van der Waals surface area contributed by atoms with Gasteiger partial charge in [-0.2, -0.15) is 0 Å². The number of aromatic nitrogens is 1. The van der Waals surface area contributed by atoms with Gasteiger partial charge in [-0.05, 0) is 25.0 Å². The monoisotopic (exact) mass is 179 g/mol. The molecule has 1 aromatic rings. The van der Waals surface area contributed by atoms with Gasteiger partial charge in [0.05, 0.1) is 0 Å². The molecule has 0 aromatic carbocycles. The Morgan fingerprint density at radius 2 is 2.23 bits per heavy atom. The van der Waals surface area contributed by atoms with Gasteiger partial charge in [0.15, 0.2) is 0 Å². The van der Waals surface area contributed by atoms with Crippen LogP contribution in [-0.4, -0.2) is 11.5 Å². The van der Waals surface area contributed by atoms with Crippen molar-refractivity contribution in [2.45, 2.75) is 26.8 Å². The van der Waals surface area contributed by atoms with Crippen molar-refractivity contribution in [1.29, 1.82) is 0 Å². The molecular formula is C10H17N3. The summed E-state index contributed by atoms with van der Waals surface area (Å²) in [6.07, 6.45) is 1.11. The lowest BCUT2D eigenvalue weighted by molar-refractivity contribution is 0.954. The highest BCUT2D eigenvalue weighted by atomic mass is 15.0. The lowest BCUT2D eigenvalue weighted by atomic mass is 10.2. The second kappa shape index (κ2) is 4.82. The molecule has 1 heterocycles. The summed E-state index contributed by atoms with van der Waals surface area (Å²) in [6, 6.07) is 4.01. The highest BCUT2D eigenvalue weighted by Crippen LogP contribution is 2.09. The molecule has 0 spiro atoms. The Kier molecular flexibility index (Phi) is 3.71. The number of rotatable bonds is 4. The topological polar surface area (TPSA) is 50.9 Å². The summed E-state index contributed by atoms with van der Waals surface area (Å²) in [6.45, 7) is 5.65. The normalized spacial score (nSPS) is 10.1. The molecule has 13 heavy (non-hydrogen) atoms. The van der Waals surface area contributed by atoms with Crippen molar-refractivity contribution in [3.63, 3.8) is 0 Å². The van der Waals surface area contributed by atoms with Gasteiger partial charge in [-0.1, -0.05) is 13.0 Å². The third kappa shape index (κ3) is 2.70.